The van der Waals surface area contributed by atoms with Crippen LogP contribution in [0.25, 0.3) is 11.1 Å². The Morgan fingerprint density at radius 2 is 1.75 bits per heavy atom. The highest BCUT2D eigenvalue weighted by atomic mass is 16.3. The zero-order valence-electron chi connectivity index (χ0n) is 14.0. The molecule has 6 rings (SSSR count). The monoisotopic (exact) mass is 323 g/mol. The largest absolute Gasteiger partial charge is 0.508 e. The second-order valence-electron chi connectivity index (χ2n) is 8.40. The summed E-state index contributed by atoms with van der Waals surface area (Å²) in [6.07, 6.45) is 11.9. The number of furan rings is 1. The molecular formula is C21H25NO2. The van der Waals surface area contributed by atoms with Crippen LogP contribution in [0.5, 0.6) is 5.75 Å². The summed E-state index contributed by atoms with van der Waals surface area (Å²) >= 11 is 0. The van der Waals surface area contributed by atoms with Gasteiger partial charge in [-0.05, 0) is 85.6 Å². The van der Waals surface area contributed by atoms with Crippen LogP contribution in [0.3, 0.4) is 0 Å². The quantitative estimate of drug-likeness (QED) is 0.856. The van der Waals surface area contributed by atoms with Gasteiger partial charge in [0.2, 0.25) is 0 Å². The van der Waals surface area contributed by atoms with Crippen LogP contribution in [-0.2, 0) is 6.54 Å². The molecule has 3 heteroatoms. The summed E-state index contributed by atoms with van der Waals surface area (Å²) in [7, 11) is 0. The van der Waals surface area contributed by atoms with Crippen LogP contribution in [0, 0.1) is 17.8 Å². The molecule has 0 atom stereocenters. The van der Waals surface area contributed by atoms with Gasteiger partial charge in [-0.1, -0.05) is 6.07 Å². The average molecular weight is 323 g/mol. The third kappa shape index (κ3) is 2.46. The van der Waals surface area contributed by atoms with E-state index in [4.69, 9.17) is 4.42 Å². The smallest absolute Gasteiger partial charge is 0.115 e. The Kier molecular flexibility index (Phi) is 3.27. The number of benzene rings is 1. The lowest BCUT2D eigenvalue weighted by atomic mass is 9.53. The van der Waals surface area contributed by atoms with Gasteiger partial charge in [0.15, 0.2) is 0 Å². The van der Waals surface area contributed by atoms with E-state index < -0.39 is 0 Å². The van der Waals surface area contributed by atoms with Crippen molar-refractivity contribution in [2.75, 3.05) is 0 Å². The Hall–Kier alpha value is -1.74. The molecule has 1 aromatic carbocycles. The number of hydrogen-bond donors (Lipinski definition) is 2. The van der Waals surface area contributed by atoms with E-state index >= 15 is 0 Å². The van der Waals surface area contributed by atoms with Crippen molar-refractivity contribution >= 4 is 0 Å². The summed E-state index contributed by atoms with van der Waals surface area (Å²) in [5, 5.41) is 13.9. The average Bonchev–Trinajstić information content (AvgIpc) is 3.06. The summed E-state index contributed by atoms with van der Waals surface area (Å²) in [5.74, 6) is 3.17. The van der Waals surface area contributed by atoms with E-state index in [0.717, 1.165) is 41.0 Å². The van der Waals surface area contributed by atoms with Gasteiger partial charge in [0.1, 0.15) is 5.75 Å². The molecule has 24 heavy (non-hydrogen) atoms. The predicted molar refractivity (Wildman–Crippen MR) is 93.6 cm³/mol. The molecule has 4 aliphatic carbocycles. The van der Waals surface area contributed by atoms with Crippen LogP contribution >= 0.6 is 0 Å². The third-order valence-corrected chi connectivity index (χ3v) is 6.61. The Morgan fingerprint density at radius 1 is 1.04 bits per heavy atom. The topological polar surface area (TPSA) is 45.4 Å². The van der Waals surface area contributed by atoms with Gasteiger partial charge in [-0.3, -0.25) is 0 Å². The third-order valence-electron chi connectivity index (χ3n) is 6.61. The predicted octanol–water partition coefficient (Wildman–Crippen LogP) is 4.71. The Bertz CT molecular complexity index is 699. The molecule has 3 nitrogen and oxygen atoms in total. The number of aromatic hydroxyl groups is 1. The molecule has 2 aromatic rings. The Labute approximate surface area is 143 Å². The molecule has 4 bridgehead atoms. The molecule has 0 radical (unpaired) electrons. The van der Waals surface area contributed by atoms with Gasteiger partial charge in [-0.2, -0.15) is 0 Å². The van der Waals surface area contributed by atoms with Gasteiger partial charge >= 0.3 is 0 Å². The first kappa shape index (κ1) is 14.6. The highest BCUT2D eigenvalue weighted by Gasteiger charge is 2.50. The lowest BCUT2D eigenvalue weighted by Gasteiger charge is -2.57. The molecule has 0 saturated heterocycles. The standard InChI is InChI=1S/C21H25NO2/c23-19-1-2-20(17-3-4-24-13-17)18(8-19)12-22-21-9-14-5-15(10-21)7-16(6-14)11-21/h1-4,8,13-16,22-23H,5-7,9-12H2. The summed E-state index contributed by atoms with van der Waals surface area (Å²) in [6, 6.07) is 7.64. The number of phenolic OH excluding ortho intramolecular Hbond substituents is 1. The van der Waals surface area contributed by atoms with Gasteiger partial charge in [-0.25, -0.2) is 0 Å². The lowest BCUT2D eigenvalue weighted by Crippen LogP contribution is -2.58. The van der Waals surface area contributed by atoms with Gasteiger partial charge in [0, 0.05) is 17.6 Å². The van der Waals surface area contributed by atoms with Crippen LogP contribution in [-0.4, -0.2) is 10.6 Å². The zero-order valence-corrected chi connectivity index (χ0v) is 14.0. The number of phenols is 1. The number of hydrogen-bond acceptors (Lipinski definition) is 3. The first-order valence-corrected chi connectivity index (χ1v) is 9.29. The van der Waals surface area contributed by atoms with E-state index in [1.165, 1.54) is 38.5 Å². The molecule has 0 aliphatic heterocycles. The second-order valence-corrected chi connectivity index (χ2v) is 8.40. The zero-order chi connectivity index (χ0) is 16.1. The maximum Gasteiger partial charge on any atom is 0.115 e. The van der Waals surface area contributed by atoms with Crippen molar-refractivity contribution in [2.45, 2.75) is 50.6 Å². The number of nitrogens with one attached hydrogen (secondary N) is 1. The molecular weight excluding hydrogens is 298 g/mol. The van der Waals surface area contributed by atoms with E-state index in [-0.39, 0.29) is 0 Å². The van der Waals surface area contributed by atoms with E-state index in [9.17, 15) is 5.11 Å². The van der Waals surface area contributed by atoms with Gasteiger partial charge in [0.25, 0.3) is 0 Å². The summed E-state index contributed by atoms with van der Waals surface area (Å²) in [5.41, 5.74) is 3.73. The van der Waals surface area contributed by atoms with E-state index in [0.29, 0.717) is 11.3 Å². The molecule has 0 unspecified atom stereocenters. The van der Waals surface area contributed by atoms with Crippen LogP contribution in [0.1, 0.15) is 44.1 Å². The van der Waals surface area contributed by atoms with Crippen molar-refractivity contribution in [3.05, 3.63) is 42.4 Å². The van der Waals surface area contributed by atoms with Crippen molar-refractivity contribution < 1.29 is 9.52 Å². The fraction of sp³-hybridized carbons (Fsp3) is 0.524. The van der Waals surface area contributed by atoms with Crippen molar-refractivity contribution in [1.82, 2.24) is 5.32 Å². The van der Waals surface area contributed by atoms with Gasteiger partial charge in [-0.15, -0.1) is 0 Å². The van der Waals surface area contributed by atoms with Crippen molar-refractivity contribution in [3.63, 3.8) is 0 Å². The Morgan fingerprint density at radius 3 is 2.38 bits per heavy atom. The molecule has 1 heterocycles. The molecule has 4 aliphatic rings. The molecule has 2 N–H and O–H groups in total. The van der Waals surface area contributed by atoms with Gasteiger partial charge < -0.3 is 14.8 Å². The van der Waals surface area contributed by atoms with Crippen molar-refractivity contribution in [2.24, 2.45) is 17.8 Å². The minimum Gasteiger partial charge on any atom is -0.508 e. The fourth-order valence-corrected chi connectivity index (χ4v) is 6.04. The molecule has 0 amide bonds. The molecule has 1 aromatic heterocycles. The molecule has 0 spiro atoms. The maximum atomic E-state index is 9.94. The SMILES string of the molecule is Oc1ccc(-c2ccoc2)c(CNC23CC4CC(CC(C4)C2)C3)c1. The normalized spacial score (nSPS) is 33.9. The minimum absolute atomic E-state index is 0.338. The van der Waals surface area contributed by atoms with Crippen LogP contribution in [0.2, 0.25) is 0 Å². The maximum absolute atomic E-state index is 9.94. The van der Waals surface area contributed by atoms with Crippen LogP contribution < -0.4 is 5.32 Å². The van der Waals surface area contributed by atoms with E-state index in [1.54, 1.807) is 18.6 Å². The molecule has 4 saturated carbocycles. The first-order chi connectivity index (χ1) is 11.7. The summed E-state index contributed by atoms with van der Waals surface area (Å²) in [6.45, 7) is 0.821. The summed E-state index contributed by atoms with van der Waals surface area (Å²) in [4.78, 5) is 0. The molecule has 126 valence electrons. The van der Waals surface area contributed by atoms with Gasteiger partial charge in [0.05, 0.1) is 12.5 Å². The highest BCUT2D eigenvalue weighted by Crippen LogP contribution is 2.55. The highest BCUT2D eigenvalue weighted by molar-refractivity contribution is 5.67. The number of rotatable bonds is 4. The van der Waals surface area contributed by atoms with Crippen LogP contribution in [0.15, 0.2) is 41.2 Å². The fourth-order valence-electron chi connectivity index (χ4n) is 6.04. The minimum atomic E-state index is 0.338. The molecule has 4 fully saturated rings. The van der Waals surface area contributed by atoms with E-state index in [1.807, 2.05) is 18.2 Å². The van der Waals surface area contributed by atoms with Crippen molar-refractivity contribution in [3.8, 4) is 16.9 Å². The van der Waals surface area contributed by atoms with Crippen molar-refractivity contribution in [1.29, 1.82) is 0 Å². The lowest BCUT2D eigenvalue weighted by molar-refractivity contribution is -0.0205. The second kappa shape index (κ2) is 5.38. The first-order valence-electron chi connectivity index (χ1n) is 9.29. The summed E-state index contributed by atoms with van der Waals surface area (Å²) < 4.78 is 5.25. The Balaban J connectivity index is 1.40. The van der Waals surface area contributed by atoms with Crippen LogP contribution in [0.4, 0.5) is 0 Å². The van der Waals surface area contributed by atoms with E-state index in [2.05, 4.69) is 5.32 Å².